The number of aliphatic hydroxyl groups excluding tert-OH is 1. The molecule has 2 N–H and O–H groups in total. The maximum atomic E-state index is 11.6. The summed E-state index contributed by atoms with van der Waals surface area (Å²) in [7, 11) is 2.03. The predicted octanol–water partition coefficient (Wildman–Crippen LogP) is 0.238. The number of carbonyl (C=O) groups excluding carboxylic acids is 1. The molecule has 0 atom stereocenters. The van der Waals surface area contributed by atoms with Crippen LogP contribution in [0.2, 0.25) is 0 Å². The van der Waals surface area contributed by atoms with Gasteiger partial charge in [-0.1, -0.05) is 12.1 Å². The molecule has 1 amide bonds. The first-order valence-electron chi connectivity index (χ1n) is 5.70. The average Bonchev–Trinajstić information content (AvgIpc) is 2.82. The second kappa shape index (κ2) is 7.03. The van der Waals surface area contributed by atoms with Crippen LogP contribution in [0, 0.1) is 0 Å². The summed E-state index contributed by atoms with van der Waals surface area (Å²) in [4.78, 5) is 13.7. The van der Waals surface area contributed by atoms with E-state index in [4.69, 9.17) is 9.63 Å². The van der Waals surface area contributed by atoms with Crippen molar-refractivity contribution in [3.8, 4) is 0 Å². The Kier molecular flexibility index (Phi) is 5.65. The van der Waals surface area contributed by atoms with Crippen molar-refractivity contribution in [1.29, 1.82) is 0 Å². The van der Waals surface area contributed by atoms with Crippen LogP contribution in [0.25, 0.3) is 0 Å². The quantitative estimate of drug-likeness (QED) is 0.668. The number of nitrogens with zero attached hydrogens (tertiary/aromatic N) is 2. The van der Waals surface area contributed by atoms with E-state index in [0.717, 1.165) is 19.5 Å². The van der Waals surface area contributed by atoms with Crippen molar-refractivity contribution in [2.75, 3.05) is 26.7 Å². The van der Waals surface area contributed by atoms with Crippen molar-refractivity contribution < 1.29 is 14.4 Å². The van der Waals surface area contributed by atoms with Crippen LogP contribution < -0.4 is 5.32 Å². The summed E-state index contributed by atoms with van der Waals surface area (Å²) in [6, 6.07) is 1.44. The highest BCUT2D eigenvalue weighted by molar-refractivity contribution is 5.92. The van der Waals surface area contributed by atoms with Crippen LogP contribution in [0.4, 0.5) is 0 Å². The highest BCUT2D eigenvalue weighted by Gasteiger charge is 2.11. The van der Waals surface area contributed by atoms with Gasteiger partial charge in [0.05, 0.1) is 0 Å². The van der Waals surface area contributed by atoms with E-state index in [1.54, 1.807) is 0 Å². The molecule has 0 aliphatic carbocycles. The zero-order valence-corrected chi connectivity index (χ0v) is 10.3. The number of amides is 1. The van der Waals surface area contributed by atoms with Gasteiger partial charge in [0.15, 0.2) is 11.5 Å². The Labute approximate surface area is 101 Å². The van der Waals surface area contributed by atoms with Crippen LogP contribution in [0.15, 0.2) is 10.6 Å². The molecule has 0 aliphatic heterocycles. The molecule has 1 aromatic rings. The Morgan fingerprint density at radius 3 is 3.00 bits per heavy atom. The Balaban J connectivity index is 2.25. The third-order valence-electron chi connectivity index (χ3n) is 2.49. The van der Waals surface area contributed by atoms with E-state index in [2.05, 4.69) is 22.3 Å². The van der Waals surface area contributed by atoms with Crippen molar-refractivity contribution in [3.63, 3.8) is 0 Å². The van der Waals surface area contributed by atoms with Crippen molar-refractivity contribution in [2.24, 2.45) is 0 Å². The SMILES string of the molecule is CCN(C)CCCNC(=O)c1cc(CO)on1. The number of hydrogen-bond acceptors (Lipinski definition) is 5. The molecule has 0 radical (unpaired) electrons. The van der Waals surface area contributed by atoms with E-state index in [-0.39, 0.29) is 18.2 Å². The summed E-state index contributed by atoms with van der Waals surface area (Å²) >= 11 is 0. The van der Waals surface area contributed by atoms with Gasteiger partial charge < -0.3 is 19.8 Å². The lowest BCUT2D eigenvalue weighted by molar-refractivity contribution is 0.0942. The van der Waals surface area contributed by atoms with Gasteiger partial charge in [-0.15, -0.1) is 0 Å². The standard InChI is InChI=1S/C11H19N3O3/c1-3-14(2)6-4-5-12-11(16)10-7-9(8-15)17-13-10/h7,15H,3-6,8H2,1-2H3,(H,12,16). The maximum Gasteiger partial charge on any atom is 0.273 e. The fourth-order valence-electron chi connectivity index (χ4n) is 1.29. The molecule has 1 rings (SSSR count). The summed E-state index contributed by atoms with van der Waals surface area (Å²) in [5.74, 6) is 0.0217. The number of rotatable bonds is 7. The largest absolute Gasteiger partial charge is 0.388 e. The van der Waals surface area contributed by atoms with Gasteiger partial charge in [-0.25, -0.2) is 0 Å². The molecule has 0 bridgehead atoms. The Morgan fingerprint density at radius 1 is 1.65 bits per heavy atom. The topological polar surface area (TPSA) is 78.6 Å². The van der Waals surface area contributed by atoms with Gasteiger partial charge in [0.1, 0.15) is 6.61 Å². The molecule has 0 saturated carbocycles. The molecule has 0 fully saturated rings. The van der Waals surface area contributed by atoms with Crippen LogP contribution in [0.5, 0.6) is 0 Å². The molecule has 1 aromatic heterocycles. The smallest absolute Gasteiger partial charge is 0.273 e. The zero-order valence-electron chi connectivity index (χ0n) is 10.3. The second-order valence-electron chi connectivity index (χ2n) is 3.84. The molecule has 6 nitrogen and oxygen atoms in total. The Morgan fingerprint density at radius 2 is 2.41 bits per heavy atom. The molecule has 0 unspecified atom stereocenters. The minimum absolute atomic E-state index is 0.206. The summed E-state index contributed by atoms with van der Waals surface area (Å²) in [5, 5.41) is 15.1. The molecule has 0 saturated heterocycles. The highest BCUT2D eigenvalue weighted by atomic mass is 16.5. The fraction of sp³-hybridized carbons (Fsp3) is 0.636. The summed E-state index contributed by atoms with van der Waals surface area (Å²) in [5.41, 5.74) is 0.206. The average molecular weight is 241 g/mol. The maximum absolute atomic E-state index is 11.6. The molecule has 96 valence electrons. The van der Waals surface area contributed by atoms with Crippen molar-refractivity contribution in [3.05, 3.63) is 17.5 Å². The lowest BCUT2D eigenvalue weighted by atomic mass is 10.3. The van der Waals surface area contributed by atoms with Crippen molar-refractivity contribution >= 4 is 5.91 Å². The number of aromatic nitrogens is 1. The normalized spacial score (nSPS) is 10.8. The second-order valence-corrected chi connectivity index (χ2v) is 3.84. The van der Waals surface area contributed by atoms with Crippen molar-refractivity contribution in [2.45, 2.75) is 20.0 Å². The lowest BCUT2D eigenvalue weighted by Gasteiger charge is -2.13. The predicted molar refractivity (Wildman–Crippen MR) is 62.5 cm³/mol. The molecule has 17 heavy (non-hydrogen) atoms. The van der Waals surface area contributed by atoms with Gasteiger partial charge in [0.2, 0.25) is 0 Å². The monoisotopic (exact) mass is 241 g/mol. The minimum atomic E-state index is -0.271. The summed E-state index contributed by atoms with van der Waals surface area (Å²) in [6.07, 6.45) is 0.890. The van der Waals surface area contributed by atoms with Gasteiger partial charge in [-0.05, 0) is 26.6 Å². The molecule has 1 heterocycles. The zero-order chi connectivity index (χ0) is 12.7. The minimum Gasteiger partial charge on any atom is -0.388 e. The summed E-state index contributed by atoms with van der Waals surface area (Å²) in [6.45, 7) is 4.38. The van der Waals surface area contributed by atoms with Crippen LogP contribution in [-0.4, -0.2) is 47.8 Å². The van der Waals surface area contributed by atoms with E-state index in [0.29, 0.717) is 12.3 Å². The third-order valence-corrected chi connectivity index (χ3v) is 2.49. The van der Waals surface area contributed by atoms with Gasteiger partial charge in [0.25, 0.3) is 5.91 Å². The van der Waals surface area contributed by atoms with E-state index in [1.165, 1.54) is 6.07 Å². The number of aliphatic hydroxyl groups is 1. The summed E-state index contributed by atoms with van der Waals surface area (Å²) < 4.78 is 4.73. The fourth-order valence-corrected chi connectivity index (χ4v) is 1.29. The Bertz CT molecular complexity index is 351. The first-order valence-corrected chi connectivity index (χ1v) is 5.70. The molecular formula is C11H19N3O3. The van der Waals surface area contributed by atoms with Crippen LogP contribution in [0.1, 0.15) is 29.6 Å². The molecule has 0 aromatic carbocycles. The molecule has 6 heteroatoms. The van der Waals surface area contributed by atoms with Crippen molar-refractivity contribution in [1.82, 2.24) is 15.4 Å². The molecule has 0 aliphatic rings. The highest BCUT2D eigenvalue weighted by Crippen LogP contribution is 2.02. The third kappa shape index (κ3) is 4.54. The first kappa shape index (κ1) is 13.7. The number of carbonyl (C=O) groups is 1. The van der Waals surface area contributed by atoms with E-state index >= 15 is 0 Å². The first-order chi connectivity index (χ1) is 8.17. The Hall–Kier alpha value is -1.40. The van der Waals surface area contributed by atoms with Crippen LogP contribution >= 0.6 is 0 Å². The number of nitrogens with one attached hydrogen (secondary N) is 1. The lowest BCUT2D eigenvalue weighted by Crippen LogP contribution is -2.28. The van der Waals surface area contributed by atoms with Gasteiger partial charge in [-0.3, -0.25) is 4.79 Å². The van der Waals surface area contributed by atoms with E-state index in [9.17, 15) is 4.79 Å². The van der Waals surface area contributed by atoms with Gasteiger partial charge in [-0.2, -0.15) is 0 Å². The molecular weight excluding hydrogens is 222 g/mol. The van der Waals surface area contributed by atoms with Crippen LogP contribution in [0.3, 0.4) is 0 Å². The van der Waals surface area contributed by atoms with Gasteiger partial charge in [0, 0.05) is 12.6 Å². The van der Waals surface area contributed by atoms with Gasteiger partial charge >= 0.3 is 0 Å². The van der Waals surface area contributed by atoms with E-state index in [1.807, 2.05) is 7.05 Å². The van der Waals surface area contributed by atoms with Crippen LogP contribution in [-0.2, 0) is 6.61 Å². The number of hydrogen-bond donors (Lipinski definition) is 2. The van der Waals surface area contributed by atoms with E-state index < -0.39 is 0 Å². The molecule has 0 spiro atoms.